The van der Waals surface area contributed by atoms with Crippen LogP contribution in [0.3, 0.4) is 0 Å². The monoisotopic (exact) mass is 327 g/mol. The van der Waals surface area contributed by atoms with Crippen LogP contribution < -0.4 is 5.32 Å². The number of halogens is 3. The number of alkyl halides is 3. The molecule has 124 valence electrons. The van der Waals surface area contributed by atoms with E-state index in [1.807, 2.05) is 0 Å². The van der Waals surface area contributed by atoms with Gasteiger partial charge in [0.15, 0.2) is 0 Å². The van der Waals surface area contributed by atoms with Gasteiger partial charge in [-0.15, -0.1) is 0 Å². The molecule has 0 fully saturated rings. The van der Waals surface area contributed by atoms with Gasteiger partial charge >= 0.3 is 6.18 Å². The second kappa shape index (κ2) is 6.08. The van der Waals surface area contributed by atoms with Crippen molar-refractivity contribution in [1.82, 2.24) is 5.32 Å². The Bertz CT molecular complexity index is 705. The van der Waals surface area contributed by atoms with Crippen LogP contribution >= 0.6 is 0 Å². The molecule has 2 rings (SSSR count). The van der Waals surface area contributed by atoms with Crippen LogP contribution in [0.1, 0.15) is 34.4 Å². The van der Waals surface area contributed by atoms with Crippen molar-refractivity contribution < 1.29 is 27.5 Å². The van der Waals surface area contributed by atoms with E-state index in [1.165, 1.54) is 13.0 Å². The molecule has 1 atom stereocenters. The zero-order valence-corrected chi connectivity index (χ0v) is 12.6. The molecule has 0 spiro atoms. The highest BCUT2D eigenvalue weighted by molar-refractivity contribution is 5.94. The Hall–Kier alpha value is -2.28. The van der Waals surface area contributed by atoms with Crippen LogP contribution in [0.5, 0.6) is 0 Å². The number of hydrogen-bond acceptors (Lipinski definition) is 3. The van der Waals surface area contributed by atoms with Gasteiger partial charge in [0.1, 0.15) is 17.1 Å². The fourth-order valence-electron chi connectivity index (χ4n) is 2.00. The first-order valence-corrected chi connectivity index (χ1v) is 6.84. The molecule has 0 saturated heterocycles. The maximum Gasteiger partial charge on any atom is 0.416 e. The fraction of sp³-hybridized carbons (Fsp3) is 0.312. The van der Waals surface area contributed by atoms with Crippen LogP contribution in [0.4, 0.5) is 13.2 Å². The van der Waals surface area contributed by atoms with Crippen LogP contribution in [-0.4, -0.2) is 17.6 Å². The molecular formula is C16H16F3NO3. The van der Waals surface area contributed by atoms with Gasteiger partial charge < -0.3 is 14.8 Å². The average molecular weight is 327 g/mol. The van der Waals surface area contributed by atoms with Gasteiger partial charge in [0.05, 0.1) is 12.1 Å². The van der Waals surface area contributed by atoms with Gasteiger partial charge in [-0.05, 0) is 44.2 Å². The molecule has 1 unspecified atom stereocenters. The van der Waals surface area contributed by atoms with Gasteiger partial charge in [-0.25, -0.2) is 0 Å². The van der Waals surface area contributed by atoms with E-state index in [1.54, 1.807) is 19.1 Å². The van der Waals surface area contributed by atoms with E-state index in [-0.39, 0.29) is 17.9 Å². The van der Waals surface area contributed by atoms with Crippen LogP contribution in [0.2, 0.25) is 0 Å². The van der Waals surface area contributed by atoms with Gasteiger partial charge in [-0.3, -0.25) is 4.79 Å². The molecule has 2 N–H and O–H groups in total. The first-order valence-electron chi connectivity index (χ1n) is 6.84. The summed E-state index contributed by atoms with van der Waals surface area (Å²) in [7, 11) is 0. The van der Waals surface area contributed by atoms with E-state index in [9.17, 15) is 23.1 Å². The minimum Gasteiger partial charge on any atom is -0.463 e. The molecule has 0 aliphatic rings. The van der Waals surface area contributed by atoms with Gasteiger partial charge in [-0.1, -0.05) is 6.07 Å². The first kappa shape index (κ1) is 17.1. The molecule has 7 heteroatoms. The van der Waals surface area contributed by atoms with Crippen molar-refractivity contribution in [2.75, 3.05) is 6.54 Å². The molecule has 0 aliphatic carbocycles. The molecule has 1 amide bonds. The quantitative estimate of drug-likeness (QED) is 0.906. The van der Waals surface area contributed by atoms with Crippen molar-refractivity contribution >= 4 is 5.91 Å². The van der Waals surface area contributed by atoms with Gasteiger partial charge in [0.25, 0.3) is 5.91 Å². The number of carbonyl (C=O) groups is 1. The number of rotatable bonds is 4. The zero-order chi connectivity index (χ0) is 17.3. The molecule has 2 aromatic rings. The van der Waals surface area contributed by atoms with E-state index in [0.717, 1.165) is 18.2 Å². The number of nitrogens with one attached hydrogen (secondary N) is 1. The van der Waals surface area contributed by atoms with Crippen molar-refractivity contribution in [2.45, 2.75) is 25.6 Å². The summed E-state index contributed by atoms with van der Waals surface area (Å²) in [5.41, 5.74) is -2.50. The van der Waals surface area contributed by atoms with Crippen molar-refractivity contribution in [3.8, 4) is 0 Å². The number of aliphatic hydroxyl groups is 1. The predicted octanol–water partition coefficient (Wildman–Crippen LogP) is 3.24. The summed E-state index contributed by atoms with van der Waals surface area (Å²) >= 11 is 0. The number of amides is 1. The largest absolute Gasteiger partial charge is 0.463 e. The van der Waals surface area contributed by atoms with Crippen molar-refractivity contribution in [1.29, 1.82) is 0 Å². The van der Waals surface area contributed by atoms with Gasteiger partial charge in [0, 0.05) is 5.56 Å². The Morgan fingerprint density at radius 2 is 1.96 bits per heavy atom. The molecule has 1 heterocycles. The molecule has 1 aromatic heterocycles. The summed E-state index contributed by atoms with van der Waals surface area (Å²) in [6, 6.07) is 7.33. The molecule has 0 bridgehead atoms. The highest BCUT2D eigenvalue weighted by atomic mass is 19.4. The minimum absolute atomic E-state index is 0.133. The van der Waals surface area contributed by atoms with Gasteiger partial charge in [0.2, 0.25) is 0 Å². The number of carbonyl (C=O) groups excluding carboxylic acids is 1. The lowest BCUT2D eigenvalue weighted by Crippen LogP contribution is -2.38. The average Bonchev–Trinajstić information content (AvgIpc) is 2.91. The van der Waals surface area contributed by atoms with E-state index in [2.05, 4.69) is 5.32 Å². The summed E-state index contributed by atoms with van der Waals surface area (Å²) < 4.78 is 43.2. The lowest BCUT2D eigenvalue weighted by Gasteiger charge is -2.21. The Morgan fingerprint density at radius 3 is 2.52 bits per heavy atom. The third-order valence-electron chi connectivity index (χ3n) is 3.32. The highest BCUT2D eigenvalue weighted by Gasteiger charge is 2.31. The molecule has 23 heavy (non-hydrogen) atoms. The standard InChI is InChI=1S/C16H16F3NO3/c1-10-6-7-13(23-10)15(2,22)9-20-14(21)11-4-3-5-12(8-11)16(17,18)19/h3-8,22H,9H2,1-2H3,(H,20,21). The number of furan rings is 1. The third kappa shape index (κ3) is 4.13. The molecular weight excluding hydrogens is 311 g/mol. The van der Waals surface area contributed by atoms with E-state index >= 15 is 0 Å². The normalized spacial score (nSPS) is 14.3. The SMILES string of the molecule is Cc1ccc(C(C)(O)CNC(=O)c2cccc(C(F)(F)F)c2)o1. The second-order valence-electron chi connectivity index (χ2n) is 5.45. The van der Waals surface area contributed by atoms with E-state index in [4.69, 9.17) is 4.42 Å². The lowest BCUT2D eigenvalue weighted by atomic mass is 10.0. The topological polar surface area (TPSA) is 62.5 Å². The van der Waals surface area contributed by atoms with E-state index < -0.39 is 23.2 Å². The van der Waals surface area contributed by atoms with Crippen LogP contribution in [0.15, 0.2) is 40.8 Å². The lowest BCUT2D eigenvalue weighted by molar-refractivity contribution is -0.137. The number of hydrogen-bond donors (Lipinski definition) is 2. The Morgan fingerprint density at radius 1 is 1.26 bits per heavy atom. The summed E-state index contributed by atoms with van der Waals surface area (Å²) in [6.45, 7) is 2.95. The maximum absolute atomic E-state index is 12.6. The second-order valence-corrected chi connectivity index (χ2v) is 5.45. The molecule has 0 radical (unpaired) electrons. The number of benzene rings is 1. The minimum atomic E-state index is -4.52. The summed E-state index contributed by atoms with van der Waals surface area (Å²) in [6.07, 6.45) is -4.52. The highest BCUT2D eigenvalue weighted by Crippen LogP contribution is 2.29. The Labute approximate surface area is 130 Å². The summed E-state index contributed by atoms with van der Waals surface area (Å²) in [4.78, 5) is 12.0. The smallest absolute Gasteiger partial charge is 0.416 e. The van der Waals surface area contributed by atoms with Crippen LogP contribution in [-0.2, 0) is 11.8 Å². The van der Waals surface area contributed by atoms with Crippen LogP contribution in [0, 0.1) is 6.92 Å². The van der Waals surface area contributed by atoms with Crippen molar-refractivity contribution in [3.63, 3.8) is 0 Å². The van der Waals surface area contributed by atoms with Crippen molar-refractivity contribution in [2.24, 2.45) is 0 Å². The zero-order valence-electron chi connectivity index (χ0n) is 12.6. The Kier molecular flexibility index (Phi) is 4.51. The van der Waals surface area contributed by atoms with Gasteiger partial charge in [-0.2, -0.15) is 13.2 Å². The van der Waals surface area contributed by atoms with Crippen LogP contribution in [0.25, 0.3) is 0 Å². The predicted molar refractivity (Wildman–Crippen MR) is 76.8 cm³/mol. The fourth-order valence-corrected chi connectivity index (χ4v) is 2.00. The molecule has 0 aliphatic heterocycles. The maximum atomic E-state index is 12.6. The van der Waals surface area contributed by atoms with Crippen molar-refractivity contribution in [3.05, 3.63) is 59.0 Å². The first-order chi connectivity index (χ1) is 10.6. The molecule has 1 aromatic carbocycles. The van der Waals surface area contributed by atoms with E-state index in [0.29, 0.717) is 5.76 Å². The number of aryl methyl sites for hydroxylation is 1. The summed E-state index contributed by atoms with van der Waals surface area (Å²) in [5.74, 6) is 0.156. The Balaban J connectivity index is 2.08. The summed E-state index contributed by atoms with van der Waals surface area (Å²) in [5, 5.41) is 12.7. The third-order valence-corrected chi connectivity index (χ3v) is 3.32. The molecule has 0 saturated carbocycles. The molecule has 4 nitrogen and oxygen atoms in total.